The smallest absolute Gasteiger partial charge is 0.212 e. The molecule has 7 aromatic rings. The van der Waals surface area contributed by atoms with E-state index in [2.05, 4.69) is 103 Å². The first-order valence-electron chi connectivity index (χ1n) is 15.2. The third-order valence-corrected chi connectivity index (χ3v) is 8.54. The number of rotatable bonds is 7. The molecular weight excluding hydrogens is 569 g/mol. The quantitative estimate of drug-likeness (QED) is 0.169. The Balaban J connectivity index is 1.35. The van der Waals surface area contributed by atoms with Crippen molar-refractivity contribution in [1.29, 1.82) is 0 Å². The molecule has 224 valence electrons. The second-order valence-electron chi connectivity index (χ2n) is 11.4. The summed E-state index contributed by atoms with van der Waals surface area (Å²) in [6, 6.07) is 46.8. The molecule has 3 nitrogen and oxygen atoms in total. The highest BCUT2D eigenvalue weighted by Crippen LogP contribution is 2.43. The molecule has 6 aromatic carbocycles. The number of nitrogens with zero attached hydrogens (tertiary/aromatic N) is 1. The molecule has 0 spiro atoms. The van der Waals surface area contributed by atoms with Gasteiger partial charge < -0.3 is 9.47 Å². The van der Waals surface area contributed by atoms with Crippen LogP contribution < -0.4 is 14.0 Å². The van der Waals surface area contributed by atoms with Gasteiger partial charge in [0.1, 0.15) is 12.9 Å². The zero-order chi connectivity index (χ0) is 31.6. The Morgan fingerprint density at radius 2 is 1.13 bits per heavy atom. The molecule has 0 amide bonds. The number of ether oxygens (including phenoxy) is 2. The van der Waals surface area contributed by atoms with Crippen LogP contribution in [-0.2, 0) is 7.05 Å². The Labute approximate surface area is 268 Å². The molecule has 0 bridgehead atoms. The maximum Gasteiger partial charge on any atom is 0.212 e. The van der Waals surface area contributed by atoms with Crippen LogP contribution in [0.25, 0.3) is 66.5 Å². The van der Waals surface area contributed by atoms with Crippen LogP contribution in [0.15, 0.2) is 146 Å². The number of hydrogen-bond donors (Lipinski definition) is 0. The fourth-order valence-electron chi connectivity index (χ4n) is 6.25. The van der Waals surface area contributed by atoms with Crippen LogP contribution in [0.4, 0.5) is 4.39 Å². The summed E-state index contributed by atoms with van der Waals surface area (Å²) >= 11 is 0. The monoisotopic (exact) mass is 602 g/mol. The van der Waals surface area contributed by atoms with Gasteiger partial charge in [-0.2, -0.15) is 0 Å². The molecule has 46 heavy (non-hydrogen) atoms. The van der Waals surface area contributed by atoms with Gasteiger partial charge in [-0.1, -0.05) is 97.1 Å². The van der Waals surface area contributed by atoms with Gasteiger partial charge >= 0.3 is 0 Å². The Bertz CT molecular complexity index is 2190. The van der Waals surface area contributed by atoms with Crippen LogP contribution in [0.1, 0.15) is 0 Å². The number of hydrogen-bond acceptors (Lipinski definition) is 2. The van der Waals surface area contributed by atoms with Crippen LogP contribution in [0.2, 0.25) is 0 Å². The number of benzene rings is 6. The lowest BCUT2D eigenvalue weighted by atomic mass is 9.93. The van der Waals surface area contributed by atoms with Crippen molar-refractivity contribution >= 4 is 10.9 Å². The van der Waals surface area contributed by atoms with Crippen molar-refractivity contribution in [3.8, 4) is 67.1 Å². The van der Waals surface area contributed by atoms with Gasteiger partial charge in [-0.05, 0) is 80.9 Å². The molecule has 0 saturated carbocycles. The zero-order valence-electron chi connectivity index (χ0n) is 26.0. The average Bonchev–Trinajstić information content (AvgIpc) is 3.11. The second kappa shape index (κ2) is 12.3. The largest absolute Gasteiger partial charge is 0.493 e. The lowest BCUT2D eigenvalue weighted by molar-refractivity contribution is -0.644. The van der Waals surface area contributed by atoms with Gasteiger partial charge in [0, 0.05) is 17.2 Å². The topological polar surface area (TPSA) is 22.3 Å². The molecule has 0 aliphatic rings. The lowest BCUT2D eigenvalue weighted by Gasteiger charge is -2.16. The SMILES string of the molecule is COc1cc(-c2cc3c(-c4ccc(-c5ccccc5)cc4)cccc3[n+](C)c2)cc(-c2cccc(-c3cccc(F)c3)c2)c1OC. The van der Waals surface area contributed by atoms with Gasteiger partial charge in [0.25, 0.3) is 0 Å². The molecule has 4 heteroatoms. The van der Waals surface area contributed by atoms with Gasteiger partial charge in [0.05, 0.1) is 19.6 Å². The number of methoxy groups -OCH3 is 2. The molecule has 0 unspecified atom stereocenters. The first kappa shape index (κ1) is 29.0. The van der Waals surface area contributed by atoms with Gasteiger partial charge in [-0.15, -0.1) is 0 Å². The normalized spacial score (nSPS) is 11.0. The van der Waals surface area contributed by atoms with E-state index in [1.54, 1.807) is 26.4 Å². The summed E-state index contributed by atoms with van der Waals surface area (Å²) < 4.78 is 28.0. The fourth-order valence-corrected chi connectivity index (χ4v) is 6.25. The number of aromatic nitrogens is 1. The van der Waals surface area contributed by atoms with E-state index < -0.39 is 0 Å². The lowest BCUT2D eigenvalue weighted by Crippen LogP contribution is -2.28. The van der Waals surface area contributed by atoms with E-state index in [0.717, 1.165) is 55.4 Å². The summed E-state index contributed by atoms with van der Waals surface area (Å²) in [5.41, 5.74) is 11.5. The van der Waals surface area contributed by atoms with Crippen LogP contribution in [0.3, 0.4) is 0 Å². The Morgan fingerprint density at radius 1 is 0.478 bits per heavy atom. The minimum Gasteiger partial charge on any atom is -0.493 e. The predicted molar refractivity (Wildman–Crippen MR) is 185 cm³/mol. The number of fused-ring (bicyclic) bond motifs is 1. The van der Waals surface area contributed by atoms with Crippen molar-refractivity contribution in [2.75, 3.05) is 14.2 Å². The van der Waals surface area contributed by atoms with Gasteiger partial charge in [0.15, 0.2) is 17.7 Å². The van der Waals surface area contributed by atoms with Crippen molar-refractivity contribution in [3.05, 3.63) is 152 Å². The molecule has 1 heterocycles. The summed E-state index contributed by atoms with van der Waals surface area (Å²) in [5, 5.41) is 1.15. The summed E-state index contributed by atoms with van der Waals surface area (Å²) in [6.07, 6.45) is 2.15. The maximum absolute atomic E-state index is 14.1. The number of halogens is 1. The molecule has 1 aromatic heterocycles. The molecule has 7 rings (SSSR count). The Morgan fingerprint density at radius 3 is 1.87 bits per heavy atom. The van der Waals surface area contributed by atoms with Crippen molar-refractivity contribution in [2.45, 2.75) is 0 Å². The van der Waals surface area contributed by atoms with Crippen molar-refractivity contribution in [3.63, 3.8) is 0 Å². The van der Waals surface area contributed by atoms with Crippen molar-refractivity contribution < 1.29 is 18.4 Å². The summed E-state index contributed by atoms with van der Waals surface area (Å²) in [5.74, 6) is 1.02. The van der Waals surface area contributed by atoms with E-state index in [0.29, 0.717) is 11.5 Å². The number of aryl methyl sites for hydroxylation is 1. The molecule has 0 saturated heterocycles. The predicted octanol–water partition coefficient (Wildman–Crippen LogP) is 10.2. The number of pyridine rings is 1. The summed E-state index contributed by atoms with van der Waals surface area (Å²) in [6.45, 7) is 0. The molecule has 0 radical (unpaired) electrons. The third-order valence-electron chi connectivity index (χ3n) is 8.54. The highest BCUT2D eigenvalue weighted by Gasteiger charge is 2.19. The average molecular weight is 603 g/mol. The first-order chi connectivity index (χ1) is 22.5. The van der Waals surface area contributed by atoms with E-state index >= 15 is 0 Å². The van der Waals surface area contributed by atoms with Crippen LogP contribution in [0.5, 0.6) is 11.5 Å². The van der Waals surface area contributed by atoms with Crippen molar-refractivity contribution in [2.24, 2.45) is 7.05 Å². The van der Waals surface area contributed by atoms with Crippen LogP contribution >= 0.6 is 0 Å². The Kier molecular flexibility index (Phi) is 7.78. The van der Waals surface area contributed by atoms with Gasteiger partial charge in [-0.25, -0.2) is 8.96 Å². The fraction of sp³-hybridized carbons (Fsp3) is 0.0714. The highest BCUT2D eigenvalue weighted by molar-refractivity contribution is 5.96. The standard InChI is InChI=1S/C42H33FNO2/c1-44-27-35(25-39-37(16-9-17-40(39)44)30-20-18-29(19-21-30)28-10-5-4-6-11-28)34-24-38(42(46-3)41(26-34)45-2)33-14-7-12-31(22-33)32-13-8-15-36(43)23-32/h4-27H,1-3H3/q+1. The molecule has 0 fully saturated rings. The summed E-state index contributed by atoms with van der Waals surface area (Å²) in [7, 11) is 5.40. The zero-order valence-corrected chi connectivity index (χ0v) is 26.0. The minimum atomic E-state index is -0.264. The van der Waals surface area contributed by atoms with Crippen molar-refractivity contribution in [1.82, 2.24) is 0 Å². The van der Waals surface area contributed by atoms with Gasteiger partial charge in [0.2, 0.25) is 5.52 Å². The van der Waals surface area contributed by atoms with Crippen LogP contribution in [0, 0.1) is 5.82 Å². The van der Waals surface area contributed by atoms with E-state index in [4.69, 9.17) is 9.47 Å². The Hall–Kier alpha value is -5.74. The first-order valence-corrected chi connectivity index (χ1v) is 15.2. The summed E-state index contributed by atoms with van der Waals surface area (Å²) in [4.78, 5) is 0. The van der Waals surface area contributed by atoms with E-state index in [-0.39, 0.29) is 5.82 Å². The maximum atomic E-state index is 14.1. The molecule has 0 N–H and O–H groups in total. The molecular formula is C42H33FNO2+. The molecule has 0 aliphatic carbocycles. The van der Waals surface area contributed by atoms with E-state index in [1.165, 1.54) is 17.2 Å². The molecule has 0 aliphatic heterocycles. The highest BCUT2D eigenvalue weighted by atomic mass is 19.1. The third kappa shape index (κ3) is 5.50. The minimum absolute atomic E-state index is 0.264. The van der Waals surface area contributed by atoms with Crippen LogP contribution in [-0.4, -0.2) is 14.2 Å². The molecule has 0 atom stereocenters. The van der Waals surface area contributed by atoms with E-state index in [9.17, 15) is 4.39 Å². The van der Waals surface area contributed by atoms with Gasteiger partial charge in [-0.3, -0.25) is 0 Å². The van der Waals surface area contributed by atoms with E-state index in [1.807, 2.05) is 36.4 Å². The second-order valence-corrected chi connectivity index (χ2v) is 11.4.